The molecule has 3 N–H and O–H groups in total. The van der Waals surface area contributed by atoms with E-state index in [2.05, 4.69) is 12.2 Å². The first-order chi connectivity index (χ1) is 15.8. The average Bonchev–Trinajstić information content (AvgIpc) is 3.13. The van der Waals surface area contributed by atoms with E-state index >= 15 is 0 Å². The van der Waals surface area contributed by atoms with Gasteiger partial charge in [0.05, 0.1) is 18.1 Å². The lowest BCUT2D eigenvalue weighted by atomic mass is 9.62. The number of aromatic hydroxyl groups is 1. The van der Waals surface area contributed by atoms with Crippen LogP contribution in [0.5, 0.6) is 11.5 Å². The number of rotatable bonds is 8. The Kier molecular flexibility index (Phi) is 6.45. The molecular formula is C27H31NO5. The molecule has 1 unspecified atom stereocenters. The summed E-state index contributed by atoms with van der Waals surface area (Å²) in [5.74, 6) is -0.762. The molecule has 2 aromatic carbocycles. The molecule has 0 spiro atoms. The van der Waals surface area contributed by atoms with Gasteiger partial charge in [-0.15, -0.1) is 0 Å². The third kappa shape index (κ3) is 4.47. The maximum absolute atomic E-state index is 12.5. The minimum Gasteiger partial charge on any atom is -0.504 e. The van der Waals surface area contributed by atoms with Crippen LogP contribution in [0, 0.1) is 11.8 Å². The number of amides is 1. The number of carbonyl (C=O) groups is 2. The second-order valence-corrected chi connectivity index (χ2v) is 9.21. The zero-order valence-electron chi connectivity index (χ0n) is 19.1. The lowest BCUT2D eigenvalue weighted by Gasteiger charge is -2.42. The van der Waals surface area contributed by atoms with Gasteiger partial charge in [0.25, 0.3) is 0 Å². The Morgan fingerprint density at radius 1 is 1.18 bits per heavy atom. The molecule has 1 saturated heterocycles. The molecule has 2 aliphatic rings. The molecule has 0 radical (unpaired) electrons. The van der Waals surface area contributed by atoms with E-state index < -0.39 is 5.97 Å². The lowest BCUT2D eigenvalue weighted by molar-refractivity contribution is -0.121. The maximum Gasteiger partial charge on any atom is 0.335 e. The molecule has 0 bridgehead atoms. The van der Waals surface area contributed by atoms with Crippen LogP contribution in [-0.4, -0.2) is 35.2 Å². The van der Waals surface area contributed by atoms with Crippen LogP contribution in [0.1, 0.15) is 61.0 Å². The Hall–Kier alpha value is -3.28. The van der Waals surface area contributed by atoms with Crippen LogP contribution in [0.3, 0.4) is 0 Å². The molecule has 2 fully saturated rings. The van der Waals surface area contributed by atoms with Crippen molar-refractivity contribution in [2.24, 2.45) is 11.8 Å². The standard InChI is InChI=1S/C27H31NO5/c1-3-27(12-5-13-27)22-6-4-7-23(24(22)29)33-16-20-15-28-25(30)21(20)14-17(2)18-8-10-19(11-9-18)26(31)32/h4,6-11,14,20-21,29H,3,5,12-13,15-16H2,1-2H3,(H,28,30)(H,31,32)/b17-14-/t20?,21-/m1/s1. The minimum atomic E-state index is -0.968. The number of phenols is 1. The summed E-state index contributed by atoms with van der Waals surface area (Å²) < 4.78 is 6.04. The average molecular weight is 450 g/mol. The van der Waals surface area contributed by atoms with Gasteiger partial charge in [0.1, 0.15) is 0 Å². The molecule has 4 rings (SSSR count). The van der Waals surface area contributed by atoms with Crippen molar-refractivity contribution in [1.29, 1.82) is 0 Å². The van der Waals surface area contributed by atoms with E-state index in [1.54, 1.807) is 30.3 Å². The number of ether oxygens (including phenoxy) is 1. The largest absolute Gasteiger partial charge is 0.504 e. The number of carbonyl (C=O) groups excluding carboxylic acids is 1. The van der Waals surface area contributed by atoms with E-state index in [9.17, 15) is 14.7 Å². The molecule has 33 heavy (non-hydrogen) atoms. The number of aromatic carboxylic acids is 1. The zero-order chi connectivity index (χ0) is 23.6. The quantitative estimate of drug-likeness (QED) is 0.540. The number of carboxylic acids is 1. The molecule has 0 aromatic heterocycles. The van der Waals surface area contributed by atoms with Crippen molar-refractivity contribution in [3.05, 3.63) is 65.2 Å². The number of para-hydroxylation sites is 1. The number of hydrogen-bond donors (Lipinski definition) is 3. The number of carboxylic acid groups (broad SMARTS) is 1. The van der Waals surface area contributed by atoms with Crippen molar-refractivity contribution < 1.29 is 24.5 Å². The summed E-state index contributed by atoms with van der Waals surface area (Å²) in [4.78, 5) is 23.6. The molecule has 1 heterocycles. The van der Waals surface area contributed by atoms with Gasteiger partial charge >= 0.3 is 5.97 Å². The van der Waals surface area contributed by atoms with E-state index in [0.717, 1.165) is 36.0 Å². The van der Waals surface area contributed by atoms with E-state index in [1.165, 1.54) is 6.42 Å². The van der Waals surface area contributed by atoms with Gasteiger partial charge in [0.15, 0.2) is 11.5 Å². The predicted molar refractivity (Wildman–Crippen MR) is 126 cm³/mol. The van der Waals surface area contributed by atoms with Gasteiger partial charge < -0.3 is 20.3 Å². The van der Waals surface area contributed by atoms with Crippen molar-refractivity contribution in [2.75, 3.05) is 13.2 Å². The summed E-state index contributed by atoms with van der Waals surface area (Å²) in [5.41, 5.74) is 3.01. The minimum absolute atomic E-state index is 0.0485. The van der Waals surface area contributed by atoms with Gasteiger partial charge in [-0.25, -0.2) is 4.79 Å². The van der Waals surface area contributed by atoms with Crippen LogP contribution >= 0.6 is 0 Å². The van der Waals surface area contributed by atoms with Crippen molar-refractivity contribution in [1.82, 2.24) is 5.32 Å². The molecule has 1 aliphatic carbocycles. The Balaban J connectivity index is 1.48. The predicted octanol–water partition coefficient (Wildman–Crippen LogP) is 4.77. The molecule has 1 aliphatic heterocycles. The highest BCUT2D eigenvalue weighted by molar-refractivity contribution is 5.88. The highest BCUT2D eigenvalue weighted by atomic mass is 16.5. The summed E-state index contributed by atoms with van der Waals surface area (Å²) in [6.07, 6.45) is 6.26. The number of benzene rings is 2. The first-order valence-corrected chi connectivity index (χ1v) is 11.6. The second-order valence-electron chi connectivity index (χ2n) is 9.21. The van der Waals surface area contributed by atoms with Gasteiger partial charge in [-0.2, -0.15) is 0 Å². The number of allylic oxidation sites excluding steroid dienone is 1. The second kappa shape index (κ2) is 9.30. The Labute approximate surface area is 194 Å². The van der Waals surface area contributed by atoms with Crippen LogP contribution in [0.25, 0.3) is 5.57 Å². The summed E-state index contributed by atoms with van der Waals surface area (Å²) in [6, 6.07) is 12.3. The van der Waals surface area contributed by atoms with E-state index in [0.29, 0.717) is 18.9 Å². The van der Waals surface area contributed by atoms with Gasteiger partial charge in [0.2, 0.25) is 5.91 Å². The van der Waals surface area contributed by atoms with Crippen LogP contribution in [0.2, 0.25) is 0 Å². The fourth-order valence-electron chi connectivity index (χ4n) is 4.99. The molecule has 1 amide bonds. The molecule has 2 atom stereocenters. The molecule has 6 nitrogen and oxygen atoms in total. The maximum atomic E-state index is 12.5. The van der Waals surface area contributed by atoms with E-state index in [1.807, 2.05) is 25.1 Å². The van der Waals surface area contributed by atoms with Gasteiger partial charge in [-0.05, 0) is 60.9 Å². The number of hydrogen-bond acceptors (Lipinski definition) is 4. The fourth-order valence-corrected chi connectivity index (χ4v) is 4.99. The summed E-state index contributed by atoms with van der Waals surface area (Å²) >= 11 is 0. The summed E-state index contributed by atoms with van der Waals surface area (Å²) in [6.45, 7) is 4.89. The number of nitrogens with one attached hydrogen (secondary N) is 1. The Bertz CT molecular complexity index is 1060. The van der Waals surface area contributed by atoms with Crippen LogP contribution < -0.4 is 10.1 Å². The Morgan fingerprint density at radius 2 is 1.88 bits per heavy atom. The highest BCUT2D eigenvalue weighted by Gasteiger charge is 2.39. The third-order valence-electron chi connectivity index (χ3n) is 7.38. The third-order valence-corrected chi connectivity index (χ3v) is 7.38. The van der Waals surface area contributed by atoms with Crippen molar-refractivity contribution in [3.8, 4) is 11.5 Å². The van der Waals surface area contributed by atoms with Gasteiger partial charge in [0, 0.05) is 18.0 Å². The lowest BCUT2D eigenvalue weighted by Crippen LogP contribution is -2.33. The van der Waals surface area contributed by atoms with E-state index in [-0.39, 0.29) is 34.5 Å². The molecule has 1 saturated carbocycles. The summed E-state index contributed by atoms with van der Waals surface area (Å²) in [7, 11) is 0. The summed E-state index contributed by atoms with van der Waals surface area (Å²) in [5, 5.41) is 22.9. The zero-order valence-corrected chi connectivity index (χ0v) is 19.1. The fraction of sp³-hybridized carbons (Fsp3) is 0.407. The first-order valence-electron chi connectivity index (χ1n) is 11.6. The monoisotopic (exact) mass is 449 g/mol. The molecule has 2 aromatic rings. The molecular weight excluding hydrogens is 418 g/mol. The SMILES string of the molecule is CCC1(c2cccc(OCC3CNC(=O)[C@@H]3/C=C(/C)c3ccc(C(=O)O)cc3)c2O)CCC1. The smallest absolute Gasteiger partial charge is 0.335 e. The van der Waals surface area contributed by atoms with Crippen molar-refractivity contribution >= 4 is 17.4 Å². The first kappa shape index (κ1) is 22.9. The molecule has 6 heteroatoms. The highest BCUT2D eigenvalue weighted by Crippen LogP contribution is 2.51. The van der Waals surface area contributed by atoms with Gasteiger partial charge in [-0.1, -0.05) is 43.7 Å². The van der Waals surface area contributed by atoms with Gasteiger partial charge in [-0.3, -0.25) is 4.79 Å². The Morgan fingerprint density at radius 3 is 2.48 bits per heavy atom. The topological polar surface area (TPSA) is 95.9 Å². The van der Waals surface area contributed by atoms with Crippen molar-refractivity contribution in [2.45, 2.75) is 44.9 Å². The molecule has 174 valence electrons. The van der Waals surface area contributed by atoms with Crippen molar-refractivity contribution in [3.63, 3.8) is 0 Å². The van der Waals surface area contributed by atoms with E-state index in [4.69, 9.17) is 9.84 Å². The normalized spacial score (nSPS) is 21.9. The van der Waals surface area contributed by atoms with Crippen LogP contribution in [0.15, 0.2) is 48.5 Å². The van der Waals surface area contributed by atoms with Crippen LogP contribution in [0.4, 0.5) is 0 Å². The van der Waals surface area contributed by atoms with Crippen LogP contribution in [-0.2, 0) is 10.2 Å². The number of phenolic OH excluding ortho intramolecular Hbond substituents is 1.